The zero-order valence-corrected chi connectivity index (χ0v) is 16.8. The van der Waals surface area contributed by atoms with Crippen LogP contribution < -0.4 is 9.91 Å². The minimum absolute atomic E-state index is 0.283. The van der Waals surface area contributed by atoms with Gasteiger partial charge in [0.1, 0.15) is 6.10 Å². The number of ether oxygens (including phenoxy) is 1. The zero-order valence-electron chi connectivity index (χ0n) is 16.8. The summed E-state index contributed by atoms with van der Waals surface area (Å²) in [4.78, 5) is 2.37. The molecule has 1 aliphatic heterocycles. The van der Waals surface area contributed by atoms with Crippen LogP contribution in [0.5, 0.6) is 0 Å². The smallest absolute Gasteiger partial charge is 0.101 e. The van der Waals surface area contributed by atoms with Gasteiger partial charge in [-0.2, -0.15) is 5.10 Å². The molecule has 0 N–H and O–H groups in total. The number of hydrogen-bond acceptors (Lipinski definition) is 4. The van der Waals surface area contributed by atoms with Crippen LogP contribution in [0.4, 0.5) is 11.4 Å². The maximum Gasteiger partial charge on any atom is 0.101 e. The number of hydrazone groups is 1. The van der Waals surface area contributed by atoms with Crippen LogP contribution in [-0.4, -0.2) is 32.0 Å². The number of epoxide rings is 1. The second kappa shape index (κ2) is 9.39. The molecule has 1 unspecified atom stereocenters. The Morgan fingerprint density at radius 3 is 2.17 bits per heavy atom. The number of benzene rings is 3. The van der Waals surface area contributed by atoms with E-state index in [1.54, 1.807) is 0 Å². The first kappa shape index (κ1) is 19.2. The van der Waals surface area contributed by atoms with Crippen molar-refractivity contribution < 1.29 is 4.74 Å². The van der Waals surface area contributed by atoms with Crippen molar-refractivity contribution in [3.63, 3.8) is 0 Å². The molecule has 1 aliphatic rings. The van der Waals surface area contributed by atoms with Gasteiger partial charge in [-0.15, -0.1) is 0 Å². The molecule has 0 aromatic heterocycles. The summed E-state index contributed by atoms with van der Waals surface area (Å²) in [5, 5.41) is 6.73. The predicted octanol–water partition coefficient (Wildman–Crippen LogP) is 4.95. The van der Waals surface area contributed by atoms with Crippen LogP contribution >= 0.6 is 0 Å². The molecular weight excluding hydrogens is 358 g/mol. The summed E-state index contributed by atoms with van der Waals surface area (Å²) in [6.07, 6.45) is 2.21. The Morgan fingerprint density at radius 2 is 1.55 bits per heavy atom. The second-order valence-electron chi connectivity index (χ2n) is 7.21. The van der Waals surface area contributed by atoms with E-state index in [0.29, 0.717) is 0 Å². The van der Waals surface area contributed by atoms with E-state index in [-0.39, 0.29) is 6.10 Å². The van der Waals surface area contributed by atoms with Crippen LogP contribution in [0.25, 0.3) is 0 Å². The Kier molecular flexibility index (Phi) is 6.22. The third-order valence-corrected chi connectivity index (χ3v) is 5.04. The van der Waals surface area contributed by atoms with Crippen LogP contribution in [0.2, 0.25) is 0 Å². The molecular formula is C25H27N3O. The van der Waals surface area contributed by atoms with E-state index in [2.05, 4.69) is 78.6 Å². The summed E-state index contributed by atoms with van der Waals surface area (Å²) in [5.74, 6) is 0. The highest BCUT2D eigenvalue weighted by Gasteiger charge is 2.25. The Hall–Kier alpha value is -3.11. The number of anilines is 2. The van der Waals surface area contributed by atoms with Crippen molar-refractivity contribution in [2.45, 2.75) is 19.6 Å². The van der Waals surface area contributed by atoms with E-state index in [1.807, 2.05) is 29.4 Å². The number of rotatable bonds is 9. The van der Waals surface area contributed by atoms with E-state index in [0.717, 1.165) is 37.5 Å². The first-order chi connectivity index (χ1) is 14.3. The molecule has 3 aromatic carbocycles. The van der Waals surface area contributed by atoms with Crippen LogP contribution in [0.15, 0.2) is 90.0 Å². The maximum absolute atomic E-state index is 5.39. The number of nitrogens with zero attached hydrogens (tertiary/aromatic N) is 3. The van der Waals surface area contributed by atoms with Gasteiger partial charge in [0.25, 0.3) is 0 Å². The molecule has 1 saturated heterocycles. The summed E-state index contributed by atoms with van der Waals surface area (Å²) < 4.78 is 5.39. The molecule has 148 valence electrons. The topological polar surface area (TPSA) is 31.4 Å². The molecule has 0 radical (unpaired) electrons. The molecule has 29 heavy (non-hydrogen) atoms. The van der Waals surface area contributed by atoms with Gasteiger partial charge in [-0.1, -0.05) is 60.7 Å². The van der Waals surface area contributed by atoms with Gasteiger partial charge in [0.15, 0.2) is 0 Å². The summed E-state index contributed by atoms with van der Waals surface area (Å²) in [6, 6.07) is 29.4. The highest BCUT2D eigenvalue weighted by atomic mass is 16.6. The van der Waals surface area contributed by atoms with Crippen molar-refractivity contribution in [3.05, 3.63) is 96.1 Å². The van der Waals surface area contributed by atoms with E-state index in [4.69, 9.17) is 9.84 Å². The zero-order chi connectivity index (χ0) is 19.9. The largest absolute Gasteiger partial charge is 0.371 e. The fourth-order valence-electron chi connectivity index (χ4n) is 3.28. The minimum Gasteiger partial charge on any atom is -0.371 e. The first-order valence-electron chi connectivity index (χ1n) is 10.2. The molecule has 4 rings (SSSR count). The third-order valence-electron chi connectivity index (χ3n) is 5.04. The van der Waals surface area contributed by atoms with Crippen molar-refractivity contribution in [1.82, 2.24) is 0 Å². The Labute approximate surface area is 173 Å². The van der Waals surface area contributed by atoms with E-state index in [1.165, 1.54) is 11.3 Å². The number of para-hydroxylation sites is 1. The third kappa shape index (κ3) is 5.46. The fourth-order valence-corrected chi connectivity index (χ4v) is 3.28. The van der Waals surface area contributed by atoms with Crippen molar-refractivity contribution in [2.75, 3.05) is 29.6 Å². The highest BCUT2D eigenvalue weighted by molar-refractivity contribution is 5.81. The van der Waals surface area contributed by atoms with Gasteiger partial charge in [-0.05, 0) is 42.3 Å². The Bertz CT molecular complexity index is 906. The van der Waals surface area contributed by atoms with Gasteiger partial charge in [-0.25, -0.2) is 0 Å². The average molecular weight is 386 g/mol. The van der Waals surface area contributed by atoms with Crippen LogP contribution in [0.3, 0.4) is 0 Å². The van der Waals surface area contributed by atoms with Gasteiger partial charge < -0.3 is 9.64 Å². The molecule has 0 bridgehead atoms. The van der Waals surface area contributed by atoms with E-state index in [9.17, 15) is 0 Å². The lowest BCUT2D eigenvalue weighted by Gasteiger charge is -2.23. The number of hydrogen-bond donors (Lipinski definition) is 0. The maximum atomic E-state index is 5.39. The molecule has 0 saturated carbocycles. The Balaban J connectivity index is 1.44. The lowest BCUT2D eigenvalue weighted by molar-refractivity contribution is 0.408. The SMILES string of the molecule is CCN(Cc1ccccc1)c1ccc(C=NN(CC2CO2)c2ccccc2)cc1. The minimum atomic E-state index is 0.283. The van der Waals surface area contributed by atoms with Gasteiger partial charge in [0.05, 0.1) is 25.1 Å². The van der Waals surface area contributed by atoms with Gasteiger partial charge in [0, 0.05) is 18.8 Å². The second-order valence-corrected chi connectivity index (χ2v) is 7.21. The highest BCUT2D eigenvalue weighted by Crippen LogP contribution is 2.20. The summed E-state index contributed by atoms with van der Waals surface area (Å²) in [6.45, 7) is 5.66. The summed E-state index contributed by atoms with van der Waals surface area (Å²) in [5.41, 5.74) is 4.71. The molecule has 1 fully saturated rings. The summed E-state index contributed by atoms with van der Waals surface area (Å²) in [7, 11) is 0. The van der Waals surface area contributed by atoms with Gasteiger partial charge >= 0.3 is 0 Å². The van der Waals surface area contributed by atoms with E-state index >= 15 is 0 Å². The lowest BCUT2D eigenvalue weighted by atomic mass is 10.1. The molecule has 3 aromatic rings. The lowest BCUT2D eigenvalue weighted by Crippen LogP contribution is -2.22. The standard InChI is InChI=1S/C25H27N3O/c1-2-27(18-22-9-5-3-6-10-22)23-15-13-21(14-16-23)17-26-28(19-25-20-29-25)24-11-7-4-8-12-24/h3-17,25H,2,18-20H2,1H3. The average Bonchev–Trinajstić information content (AvgIpc) is 3.61. The van der Waals surface area contributed by atoms with Crippen molar-refractivity contribution in [3.8, 4) is 0 Å². The molecule has 0 amide bonds. The normalized spacial score (nSPS) is 15.4. The predicted molar refractivity (Wildman–Crippen MR) is 121 cm³/mol. The molecule has 4 heteroatoms. The van der Waals surface area contributed by atoms with Crippen LogP contribution in [0, 0.1) is 0 Å². The Morgan fingerprint density at radius 1 is 0.897 bits per heavy atom. The molecule has 4 nitrogen and oxygen atoms in total. The van der Waals surface area contributed by atoms with Crippen molar-refractivity contribution >= 4 is 17.6 Å². The first-order valence-corrected chi connectivity index (χ1v) is 10.2. The van der Waals surface area contributed by atoms with Gasteiger partial charge in [-0.3, -0.25) is 5.01 Å². The van der Waals surface area contributed by atoms with Crippen LogP contribution in [-0.2, 0) is 11.3 Å². The molecule has 0 spiro atoms. The fraction of sp³-hybridized carbons (Fsp3) is 0.240. The van der Waals surface area contributed by atoms with Crippen molar-refractivity contribution in [2.24, 2.45) is 5.10 Å². The quantitative estimate of drug-likeness (QED) is 0.297. The molecule has 1 heterocycles. The van der Waals surface area contributed by atoms with Crippen LogP contribution in [0.1, 0.15) is 18.1 Å². The molecule has 1 atom stereocenters. The van der Waals surface area contributed by atoms with E-state index < -0.39 is 0 Å². The van der Waals surface area contributed by atoms with Crippen molar-refractivity contribution in [1.29, 1.82) is 0 Å². The molecule has 0 aliphatic carbocycles. The summed E-state index contributed by atoms with van der Waals surface area (Å²) >= 11 is 0. The monoisotopic (exact) mass is 385 g/mol. The van der Waals surface area contributed by atoms with Gasteiger partial charge in [0.2, 0.25) is 0 Å².